The van der Waals surface area contributed by atoms with E-state index in [0.717, 1.165) is 6.61 Å². The lowest BCUT2D eigenvalue weighted by Crippen LogP contribution is -2.29. The molecule has 0 bridgehead atoms. The van der Waals surface area contributed by atoms with Crippen LogP contribution in [0, 0.1) is 17.2 Å². The van der Waals surface area contributed by atoms with Gasteiger partial charge in [0, 0.05) is 44.5 Å². The van der Waals surface area contributed by atoms with Gasteiger partial charge in [-0.25, -0.2) is 4.79 Å². The highest BCUT2D eigenvalue weighted by Crippen LogP contribution is 2.21. The summed E-state index contributed by atoms with van der Waals surface area (Å²) in [6.45, 7) is 6.74. The number of ether oxygens (including phenoxy) is 1. The Morgan fingerprint density at radius 2 is 1.65 bits per heavy atom. The van der Waals surface area contributed by atoms with Crippen molar-refractivity contribution >= 4 is 45.7 Å². The summed E-state index contributed by atoms with van der Waals surface area (Å²) in [7, 11) is 1.68. The molecular formula is C26H30ClN5O5. The van der Waals surface area contributed by atoms with Gasteiger partial charge in [0.2, 0.25) is 11.8 Å². The fourth-order valence-electron chi connectivity index (χ4n) is 3.50. The molecule has 2 aromatic carbocycles. The largest absolute Gasteiger partial charge is 0.385 e. The number of hydrogen-bond acceptors (Lipinski definition) is 6. The number of nitrogens with zero attached hydrogens (tertiary/aromatic N) is 2. The highest BCUT2D eigenvalue weighted by atomic mass is 35.5. The van der Waals surface area contributed by atoms with Crippen molar-refractivity contribution in [2.24, 2.45) is 5.92 Å². The van der Waals surface area contributed by atoms with E-state index in [1.165, 1.54) is 22.8 Å². The molecule has 0 aliphatic heterocycles. The van der Waals surface area contributed by atoms with Crippen molar-refractivity contribution in [1.29, 1.82) is 5.26 Å². The molecule has 0 aliphatic rings. The molecular weight excluding hydrogens is 498 g/mol. The third-order valence-electron chi connectivity index (χ3n) is 5.33. The predicted molar refractivity (Wildman–Crippen MR) is 144 cm³/mol. The molecule has 1 atom stereocenters. The van der Waals surface area contributed by atoms with Crippen LogP contribution in [0.3, 0.4) is 0 Å². The third kappa shape index (κ3) is 8.31. The number of hydrogen-bond donors (Lipinski definition) is 3. The van der Waals surface area contributed by atoms with E-state index in [-0.39, 0.29) is 35.6 Å². The summed E-state index contributed by atoms with van der Waals surface area (Å²) in [5, 5.41) is 14.9. The molecule has 2 amide bonds. The summed E-state index contributed by atoms with van der Waals surface area (Å²) < 4.78 is 5.98. The van der Waals surface area contributed by atoms with Crippen molar-refractivity contribution in [3.63, 3.8) is 0 Å². The van der Waals surface area contributed by atoms with Crippen LogP contribution < -0.4 is 21.9 Å². The standard InChI is InChI=1S/C23H22ClN5O4.C3H8O/c1-3-29-19-7-6-15(10-17(19)22(32)28-23(29)33)26-20(30)8-13(2)9-21(31)27-16-5-4-14(12-25)18(24)11-16;1-3-4-2/h4-7,10-11,13H,3,8-9H2,1-2H3,(H,26,30)(H,27,31)(H,28,32,33);3H2,1-2H3. The first-order chi connectivity index (χ1) is 17.6. The van der Waals surface area contributed by atoms with Crippen LogP contribution >= 0.6 is 11.6 Å². The average Bonchev–Trinajstić information content (AvgIpc) is 2.84. The molecule has 0 saturated heterocycles. The van der Waals surface area contributed by atoms with E-state index in [2.05, 4.69) is 20.4 Å². The molecule has 37 heavy (non-hydrogen) atoms. The molecule has 1 unspecified atom stereocenters. The lowest BCUT2D eigenvalue weighted by atomic mass is 10.0. The Morgan fingerprint density at radius 3 is 2.16 bits per heavy atom. The smallest absolute Gasteiger partial charge is 0.328 e. The van der Waals surface area contributed by atoms with Gasteiger partial charge < -0.3 is 15.4 Å². The van der Waals surface area contributed by atoms with Crippen molar-refractivity contribution in [3.05, 3.63) is 67.8 Å². The molecule has 3 N–H and O–H groups in total. The number of aryl methyl sites for hydroxylation is 1. The van der Waals surface area contributed by atoms with Gasteiger partial charge in [0.05, 0.1) is 21.5 Å². The number of nitriles is 1. The van der Waals surface area contributed by atoms with Gasteiger partial charge in [-0.1, -0.05) is 18.5 Å². The maximum atomic E-state index is 12.4. The van der Waals surface area contributed by atoms with E-state index < -0.39 is 11.2 Å². The Morgan fingerprint density at radius 1 is 1.08 bits per heavy atom. The summed E-state index contributed by atoms with van der Waals surface area (Å²) in [6, 6.07) is 11.3. The number of amides is 2. The third-order valence-corrected chi connectivity index (χ3v) is 5.64. The van der Waals surface area contributed by atoms with Crippen LogP contribution in [0.15, 0.2) is 46.0 Å². The second-order valence-corrected chi connectivity index (χ2v) is 8.64. The number of methoxy groups -OCH3 is 1. The Kier molecular flexibility index (Phi) is 11.1. The molecule has 0 aliphatic carbocycles. The van der Waals surface area contributed by atoms with E-state index in [4.69, 9.17) is 16.9 Å². The van der Waals surface area contributed by atoms with Gasteiger partial charge in [0.15, 0.2) is 0 Å². The first kappa shape index (κ1) is 29.3. The first-order valence-electron chi connectivity index (χ1n) is 11.7. The van der Waals surface area contributed by atoms with Crippen molar-refractivity contribution in [2.45, 2.75) is 40.2 Å². The van der Waals surface area contributed by atoms with Crippen molar-refractivity contribution < 1.29 is 14.3 Å². The second kappa shape index (κ2) is 14.0. The number of fused-ring (bicyclic) bond motifs is 1. The minimum Gasteiger partial charge on any atom is -0.385 e. The Bertz CT molecular complexity index is 1420. The molecule has 3 rings (SSSR count). The minimum absolute atomic E-state index is 0.0877. The van der Waals surface area contributed by atoms with Crippen LogP contribution in [0.2, 0.25) is 5.02 Å². The van der Waals surface area contributed by atoms with Gasteiger partial charge in [0.25, 0.3) is 5.56 Å². The summed E-state index contributed by atoms with van der Waals surface area (Å²) in [4.78, 5) is 51.1. The zero-order valence-electron chi connectivity index (χ0n) is 21.2. The minimum atomic E-state index is -0.524. The Balaban J connectivity index is 0.00000112. The van der Waals surface area contributed by atoms with Gasteiger partial charge >= 0.3 is 5.69 Å². The molecule has 3 aromatic rings. The number of benzene rings is 2. The SMILES string of the molecule is CCOC.CCn1c(=O)[nH]c(=O)c2cc(NC(=O)CC(C)CC(=O)Nc3ccc(C#N)c(Cl)c3)ccc21. The van der Waals surface area contributed by atoms with Crippen LogP contribution in [0.25, 0.3) is 10.9 Å². The maximum absolute atomic E-state index is 12.4. The van der Waals surface area contributed by atoms with Crippen molar-refractivity contribution in [3.8, 4) is 6.07 Å². The van der Waals surface area contributed by atoms with E-state index in [9.17, 15) is 19.2 Å². The number of carbonyl (C=O) groups is 2. The lowest BCUT2D eigenvalue weighted by molar-refractivity contribution is -0.118. The average molecular weight is 528 g/mol. The van der Waals surface area contributed by atoms with E-state index in [0.29, 0.717) is 34.4 Å². The van der Waals surface area contributed by atoms with Gasteiger partial charge in [-0.05, 0) is 56.2 Å². The number of aromatic nitrogens is 2. The van der Waals surface area contributed by atoms with Crippen LogP contribution in [0.5, 0.6) is 0 Å². The molecule has 0 radical (unpaired) electrons. The number of halogens is 1. The van der Waals surface area contributed by atoms with Gasteiger partial charge in [-0.2, -0.15) is 5.26 Å². The van der Waals surface area contributed by atoms with Crippen LogP contribution in [-0.4, -0.2) is 35.1 Å². The number of rotatable bonds is 8. The zero-order chi connectivity index (χ0) is 27.5. The zero-order valence-corrected chi connectivity index (χ0v) is 21.9. The molecule has 11 heteroatoms. The van der Waals surface area contributed by atoms with Crippen molar-refractivity contribution in [2.75, 3.05) is 24.4 Å². The summed E-state index contributed by atoms with van der Waals surface area (Å²) in [6.07, 6.45) is 0.190. The Labute approximate surface area is 219 Å². The van der Waals surface area contributed by atoms with E-state index in [1.54, 1.807) is 39.2 Å². The highest BCUT2D eigenvalue weighted by Gasteiger charge is 2.15. The Hall–Kier alpha value is -3.94. The quantitative estimate of drug-likeness (QED) is 0.405. The molecule has 1 heterocycles. The molecule has 196 valence electrons. The number of anilines is 2. The highest BCUT2D eigenvalue weighted by molar-refractivity contribution is 6.32. The maximum Gasteiger partial charge on any atom is 0.328 e. The number of carbonyl (C=O) groups excluding carboxylic acids is 2. The summed E-state index contributed by atoms with van der Waals surface area (Å²) in [5.41, 5.74) is 0.673. The molecule has 0 fully saturated rings. The van der Waals surface area contributed by atoms with Crippen LogP contribution in [-0.2, 0) is 20.9 Å². The number of aromatic amines is 1. The molecule has 1 aromatic heterocycles. The predicted octanol–water partition coefficient (Wildman–Crippen LogP) is 3.88. The lowest BCUT2D eigenvalue weighted by Gasteiger charge is -2.13. The number of nitrogens with one attached hydrogen (secondary N) is 3. The van der Waals surface area contributed by atoms with Gasteiger partial charge in [0.1, 0.15) is 6.07 Å². The van der Waals surface area contributed by atoms with Gasteiger partial charge in [-0.15, -0.1) is 0 Å². The van der Waals surface area contributed by atoms with Crippen molar-refractivity contribution in [1.82, 2.24) is 9.55 Å². The first-order valence-corrected chi connectivity index (χ1v) is 12.1. The van der Waals surface area contributed by atoms with E-state index >= 15 is 0 Å². The summed E-state index contributed by atoms with van der Waals surface area (Å²) in [5.74, 6) is -0.852. The fraction of sp³-hybridized carbons (Fsp3) is 0.346. The van der Waals surface area contributed by atoms with Crippen LogP contribution in [0.4, 0.5) is 11.4 Å². The topological polar surface area (TPSA) is 146 Å². The molecule has 0 saturated carbocycles. The molecule has 10 nitrogen and oxygen atoms in total. The van der Waals surface area contributed by atoms with Crippen LogP contribution in [0.1, 0.15) is 39.2 Å². The summed E-state index contributed by atoms with van der Waals surface area (Å²) >= 11 is 5.97. The van der Waals surface area contributed by atoms with Gasteiger partial charge in [-0.3, -0.25) is 23.9 Å². The fourth-order valence-corrected chi connectivity index (χ4v) is 3.72. The van der Waals surface area contributed by atoms with E-state index in [1.807, 2.05) is 13.0 Å². The molecule has 0 spiro atoms. The monoisotopic (exact) mass is 527 g/mol. The normalized spacial score (nSPS) is 11.1. The number of H-pyrrole nitrogens is 1. The second-order valence-electron chi connectivity index (χ2n) is 8.23.